The summed E-state index contributed by atoms with van der Waals surface area (Å²) in [6, 6.07) is 2.87. The van der Waals surface area contributed by atoms with Crippen molar-refractivity contribution in [3.05, 3.63) is 35.2 Å². The molecular weight excluding hydrogens is 473 g/mol. The Labute approximate surface area is 209 Å². The van der Waals surface area contributed by atoms with Crippen molar-refractivity contribution in [2.45, 2.75) is 58.0 Å². The standard InChI is InChI=1S/C26H33F3N4O3/c1-15(2)25-30-26(36-31-25)32-6-3-16(4-7-32)20-9-17(20)5-8-35-19-10-22(28)21(23(29)11-19)12-24(34)33-13-18(27)14-33/h10-11,15-18,20H,3-9,12-14H2,1-2H3/t17-,20-/m1/s1. The molecule has 3 aliphatic rings. The molecule has 2 atom stereocenters. The molecule has 36 heavy (non-hydrogen) atoms. The van der Waals surface area contributed by atoms with Crippen LogP contribution in [0.4, 0.5) is 19.2 Å². The average Bonchev–Trinajstić information content (AvgIpc) is 3.41. The predicted molar refractivity (Wildman–Crippen MR) is 127 cm³/mol. The van der Waals surface area contributed by atoms with Gasteiger partial charge in [0.25, 0.3) is 0 Å². The van der Waals surface area contributed by atoms with Crippen LogP contribution < -0.4 is 9.64 Å². The summed E-state index contributed by atoms with van der Waals surface area (Å²) in [4.78, 5) is 20.0. The zero-order chi connectivity index (χ0) is 25.4. The highest BCUT2D eigenvalue weighted by atomic mass is 19.1. The Morgan fingerprint density at radius 1 is 1.19 bits per heavy atom. The summed E-state index contributed by atoms with van der Waals surface area (Å²) in [5.74, 6) is 0.897. The molecule has 3 fully saturated rings. The van der Waals surface area contributed by atoms with Crippen LogP contribution in [0.15, 0.2) is 16.7 Å². The van der Waals surface area contributed by atoms with Gasteiger partial charge in [0, 0.05) is 36.7 Å². The van der Waals surface area contributed by atoms with Crippen LogP contribution in [0.1, 0.15) is 56.8 Å². The molecule has 2 aromatic rings. The maximum Gasteiger partial charge on any atom is 0.324 e. The molecule has 1 saturated carbocycles. The Morgan fingerprint density at radius 3 is 2.50 bits per heavy atom. The summed E-state index contributed by atoms with van der Waals surface area (Å²) < 4.78 is 52.9. The van der Waals surface area contributed by atoms with Gasteiger partial charge in [-0.05, 0) is 43.4 Å². The first-order valence-corrected chi connectivity index (χ1v) is 12.9. The number of amides is 1. The normalized spacial score (nSPS) is 22.7. The monoisotopic (exact) mass is 506 g/mol. The number of benzene rings is 1. The van der Waals surface area contributed by atoms with Crippen molar-refractivity contribution in [1.82, 2.24) is 15.0 Å². The van der Waals surface area contributed by atoms with Crippen molar-refractivity contribution in [3.8, 4) is 5.75 Å². The summed E-state index contributed by atoms with van der Waals surface area (Å²) in [5, 5.41) is 4.05. The van der Waals surface area contributed by atoms with E-state index in [2.05, 4.69) is 15.0 Å². The number of aromatic nitrogens is 2. The van der Waals surface area contributed by atoms with E-state index in [9.17, 15) is 18.0 Å². The molecule has 0 bridgehead atoms. The Kier molecular flexibility index (Phi) is 7.12. The van der Waals surface area contributed by atoms with Gasteiger partial charge in [0.15, 0.2) is 5.82 Å². The molecule has 10 heteroatoms. The molecule has 0 radical (unpaired) electrons. The summed E-state index contributed by atoms with van der Waals surface area (Å²) in [7, 11) is 0. The van der Waals surface area contributed by atoms with Gasteiger partial charge in [-0.3, -0.25) is 4.79 Å². The second-order valence-corrected chi connectivity index (χ2v) is 10.6. The van der Waals surface area contributed by atoms with Crippen molar-refractivity contribution in [3.63, 3.8) is 0 Å². The molecular formula is C26H33F3N4O3. The Balaban J connectivity index is 1.04. The lowest BCUT2D eigenvalue weighted by atomic mass is 9.90. The molecule has 7 nitrogen and oxygen atoms in total. The molecule has 1 aromatic heterocycles. The third kappa shape index (κ3) is 5.47. The number of ether oxygens (including phenoxy) is 1. The minimum Gasteiger partial charge on any atom is -0.493 e. The van der Waals surface area contributed by atoms with Crippen LogP contribution in [0.5, 0.6) is 5.75 Å². The number of piperidine rings is 1. The Morgan fingerprint density at radius 2 is 1.89 bits per heavy atom. The lowest BCUT2D eigenvalue weighted by Crippen LogP contribution is -2.52. The number of alkyl halides is 1. The fourth-order valence-corrected chi connectivity index (χ4v) is 5.34. The molecule has 0 unspecified atom stereocenters. The quantitative estimate of drug-likeness (QED) is 0.498. The van der Waals surface area contributed by atoms with E-state index in [1.54, 1.807) is 0 Å². The lowest BCUT2D eigenvalue weighted by molar-refractivity contribution is -0.137. The maximum atomic E-state index is 14.4. The SMILES string of the molecule is CC(C)c1noc(N2CCC([C@H]3C[C@H]3CCOc3cc(F)c(CC(=O)N4CC(F)C4)c(F)c3)CC2)n1. The smallest absolute Gasteiger partial charge is 0.324 e. The number of nitrogens with zero attached hydrogens (tertiary/aromatic N) is 4. The average molecular weight is 507 g/mol. The fraction of sp³-hybridized carbons (Fsp3) is 0.654. The van der Waals surface area contributed by atoms with E-state index < -0.39 is 30.1 Å². The summed E-state index contributed by atoms with van der Waals surface area (Å²) in [5.41, 5.74) is -0.302. The van der Waals surface area contributed by atoms with Gasteiger partial charge in [0.1, 0.15) is 23.6 Å². The Hall–Kier alpha value is -2.78. The van der Waals surface area contributed by atoms with E-state index in [1.165, 1.54) is 4.90 Å². The van der Waals surface area contributed by atoms with Gasteiger partial charge in [-0.2, -0.15) is 4.98 Å². The third-order valence-electron chi connectivity index (χ3n) is 7.73. The minimum absolute atomic E-state index is 0.0116. The third-order valence-corrected chi connectivity index (χ3v) is 7.73. The number of carbonyl (C=O) groups excluding carboxylic acids is 1. The van der Waals surface area contributed by atoms with Crippen molar-refractivity contribution in [2.75, 3.05) is 37.7 Å². The lowest BCUT2D eigenvalue weighted by Gasteiger charge is -2.34. The second kappa shape index (κ2) is 10.3. The number of carbonyl (C=O) groups is 1. The first kappa shape index (κ1) is 24.9. The van der Waals surface area contributed by atoms with Crippen molar-refractivity contribution in [1.29, 1.82) is 0 Å². The van der Waals surface area contributed by atoms with Crippen LogP contribution in [-0.2, 0) is 11.2 Å². The fourth-order valence-electron chi connectivity index (χ4n) is 5.34. The van der Waals surface area contributed by atoms with Gasteiger partial charge in [0.2, 0.25) is 5.91 Å². The van der Waals surface area contributed by atoms with E-state index in [-0.39, 0.29) is 30.3 Å². The number of hydrogen-bond donors (Lipinski definition) is 0. The van der Waals surface area contributed by atoms with Gasteiger partial charge in [0.05, 0.1) is 26.1 Å². The van der Waals surface area contributed by atoms with E-state index in [0.717, 1.165) is 56.7 Å². The molecule has 2 aliphatic heterocycles. The molecule has 5 rings (SSSR count). The molecule has 1 amide bonds. The van der Waals surface area contributed by atoms with Crippen LogP contribution in [0.2, 0.25) is 0 Å². The van der Waals surface area contributed by atoms with Crippen LogP contribution in [0, 0.1) is 29.4 Å². The van der Waals surface area contributed by atoms with E-state index >= 15 is 0 Å². The van der Waals surface area contributed by atoms with Crippen LogP contribution in [0.3, 0.4) is 0 Å². The van der Waals surface area contributed by atoms with Gasteiger partial charge in [-0.15, -0.1) is 0 Å². The van der Waals surface area contributed by atoms with E-state index in [1.807, 2.05) is 13.8 Å². The molecule has 196 valence electrons. The highest BCUT2D eigenvalue weighted by molar-refractivity contribution is 5.79. The molecule has 1 aromatic carbocycles. The first-order valence-electron chi connectivity index (χ1n) is 12.9. The van der Waals surface area contributed by atoms with E-state index in [0.29, 0.717) is 30.4 Å². The Bertz CT molecular complexity index is 1060. The molecule has 1 aliphatic carbocycles. The van der Waals surface area contributed by atoms with Gasteiger partial charge in [-0.25, -0.2) is 13.2 Å². The molecule has 0 N–H and O–H groups in total. The zero-order valence-electron chi connectivity index (χ0n) is 20.8. The summed E-state index contributed by atoms with van der Waals surface area (Å²) in [6.45, 7) is 6.27. The molecule has 3 heterocycles. The van der Waals surface area contributed by atoms with Crippen molar-refractivity contribution in [2.24, 2.45) is 17.8 Å². The van der Waals surface area contributed by atoms with Crippen LogP contribution >= 0.6 is 0 Å². The highest BCUT2D eigenvalue weighted by Crippen LogP contribution is 2.50. The summed E-state index contributed by atoms with van der Waals surface area (Å²) >= 11 is 0. The highest BCUT2D eigenvalue weighted by Gasteiger charge is 2.43. The number of hydrogen-bond acceptors (Lipinski definition) is 6. The van der Waals surface area contributed by atoms with Gasteiger partial charge in [-0.1, -0.05) is 19.0 Å². The zero-order valence-corrected chi connectivity index (χ0v) is 20.8. The van der Waals surface area contributed by atoms with Crippen molar-refractivity contribution >= 4 is 11.9 Å². The summed E-state index contributed by atoms with van der Waals surface area (Å²) in [6.07, 6.45) is 2.70. The first-order chi connectivity index (χ1) is 17.3. The topological polar surface area (TPSA) is 71.7 Å². The number of anilines is 1. The van der Waals surface area contributed by atoms with Gasteiger partial charge < -0.3 is 19.1 Å². The van der Waals surface area contributed by atoms with Crippen LogP contribution in [0.25, 0.3) is 0 Å². The van der Waals surface area contributed by atoms with E-state index in [4.69, 9.17) is 9.26 Å². The maximum absolute atomic E-state index is 14.4. The number of halogens is 3. The van der Waals surface area contributed by atoms with Gasteiger partial charge >= 0.3 is 6.01 Å². The van der Waals surface area contributed by atoms with Crippen LogP contribution in [-0.4, -0.2) is 59.9 Å². The molecule has 0 spiro atoms. The largest absolute Gasteiger partial charge is 0.493 e. The predicted octanol–water partition coefficient (Wildman–Crippen LogP) is 4.52. The molecule has 2 saturated heterocycles. The second-order valence-electron chi connectivity index (χ2n) is 10.6. The number of likely N-dealkylation sites (tertiary alicyclic amines) is 1. The minimum atomic E-state index is -1.05. The number of rotatable bonds is 9. The van der Waals surface area contributed by atoms with Crippen molar-refractivity contribution < 1.29 is 27.2 Å².